The predicted molar refractivity (Wildman–Crippen MR) is 72.9 cm³/mol. The highest BCUT2D eigenvalue weighted by Crippen LogP contribution is 2.26. The van der Waals surface area contributed by atoms with Crippen molar-refractivity contribution < 1.29 is 19.1 Å². The van der Waals surface area contributed by atoms with E-state index in [2.05, 4.69) is 15.9 Å². The van der Waals surface area contributed by atoms with Gasteiger partial charge in [-0.2, -0.15) is 0 Å². The van der Waals surface area contributed by atoms with Gasteiger partial charge in [-0.25, -0.2) is 0 Å². The van der Waals surface area contributed by atoms with Crippen LogP contribution in [0.15, 0.2) is 15.9 Å². The van der Waals surface area contributed by atoms with Gasteiger partial charge >= 0.3 is 0 Å². The molecule has 1 aromatic heterocycles. The fourth-order valence-corrected chi connectivity index (χ4v) is 3.01. The van der Waals surface area contributed by atoms with Crippen molar-refractivity contribution in [2.45, 2.75) is 19.6 Å². The molecule has 0 saturated carbocycles. The lowest BCUT2D eigenvalue weighted by Gasteiger charge is -2.17. The Labute approximate surface area is 118 Å². The molecule has 0 saturated heterocycles. The normalized spacial score (nSPS) is 12.7. The Kier molecular flexibility index (Phi) is 6.14. The largest absolute Gasteiger partial charge is 0.349 e. The summed E-state index contributed by atoms with van der Waals surface area (Å²) in [6.07, 6.45) is -0.557. The number of hydrogen-bond donors (Lipinski definition) is 0. The third-order valence-corrected chi connectivity index (χ3v) is 4.18. The topological polar surface area (TPSA) is 52.6 Å². The van der Waals surface area contributed by atoms with E-state index in [1.54, 1.807) is 19.1 Å². The number of thiophene rings is 1. The van der Waals surface area contributed by atoms with Crippen LogP contribution in [0.2, 0.25) is 0 Å². The van der Waals surface area contributed by atoms with Gasteiger partial charge in [-0.15, -0.1) is 11.3 Å². The molecular weight excluding hydrogens is 320 g/mol. The summed E-state index contributed by atoms with van der Waals surface area (Å²) in [5.74, 6) is -1.24. The Morgan fingerprint density at radius 1 is 1.33 bits per heavy atom. The fourth-order valence-electron chi connectivity index (χ4n) is 1.63. The van der Waals surface area contributed by atoms with Gasteiger partial charge in [0.05, 0.1) is 14.6 Å². The van der Waals surface area contributed by atoms with Crippen LogP contribution in [0.4, 0.5) is 0 Å². The second-order valence-corrected chi connectivity index (χ2v) is 6.10. The van der Waals surface area contributed by atoms with Crippen LogP contribution in [0.3, 0.4) is 0 Å². The first-order chi connectivity index (χ1) is 8.54. The lowest BCUT2D eigenvalue weighted by Crippen LogP contribution is -2.35. The number of rotatable bonds is 7. The third kappa shape index (κ3) is 3.47. The molecule has 0 spiro atoms. The van der Waals surface area contributed by atoms with Crippen molar-refractivity contribution in [3.05, 3.63) is 20.8 Å². The molecule has 0 aliphatic heterocycles. The Hall–Kier alpha value is -0.560. The van der Waals surface area contributed by atoms with E-state index in [0.29, 0.717) is 11.3 Å². The van der Waals surface area contributed by atoms with Crippen LogP contribution in [0.5, 0.6) is 0 Å². The summed E-state index contributed by atoms with van der Waals surface area (Å²) >= 11 is 4.61. The summed E-state index contributed by atoms with van der Waals surface area (Å²) in [5.41, 5.74) is 0. The van der Waals surface area contributed by atoms with Crippen LogP contribution < -0.4 is 0 Å². The van der Waals surface area contributed by atoms with Gasteiger partial charge in [-0.05, 0) is 34.5 Å². The minimum absolute atomic E-state index is 0.183. The van der Waals surface area contributed by atoms with E-state index in [9.17, 15) is 9.59 Å². The van der Waals surface area contributed by atoms with Gasteiger partial charge in [0.15, 0.2) is 11.6 Å². The number of Topliss-reactive ketones (excluding diaryl/α,β-unsaturated/α-hetero) is 2. The Morgan fingerprint density at radius 2 is 1.94 bits per heavy atom. The van der Waals surface area contributed by atoms with Crippen molar-refractivity contribution in [1.29, 1.82) is 0 Å². The number of hydrogen-bond acceptors (Lipinski definition) is 5. The number of methoxy groups -OCH3 is 2. The first-order valence-corrected chi connectivity index (χ1v) is 7.04. The lowest BCUT2D eigenvalue weighted by molar-refractivity contribution is -0.159. The van der Waals surface area contributed by atoms with Gasteiger partial charge in [-0.1, -0.05) is 6.92 Å². The van der Waals surface area contributed by atoms with E-state index in [0.717, 1.165) is 3.79 Å². The van der Waals surface area contributed by atoms with Gasteiger partial charge in [0.2, 0.25) is 6.29 Å². The predicted octanol–water partition coefficient (Wildman–Crippen LogP) is 2.91. The molecule has 0 aliphatic rings. The molecule has 1 heterocycles. The fraction of sp³-hybridized carbons (Fsp3) is 0.500. The molecule has 0 amide bonds. The molecule has 0 aromatic carbocycles. The van der Waals surface area contributed by atoms with E-state index in [4.69, 9.17) is 9.47 Å². The molecule has 0 radical (unpaired) electrons. The zero-order chi connectivity index (χ0) is 13.7. The quantitative estimate of drug-likeness (QED) is 0.437. The van der Waals surface area contributed by atoms with Crippen LogP contribution in [-0.4, -0.2) is 32.1 Å². The molecule has 1 aromatic rings. The van der Waals surface area contributed by atoms with Crippen LogP contribution in [0, 0.1) is 5.92 Å². The highest BCUT2D eigenvalue weighted by atomic mass is 79.9. The average molecular weight is 335 g/mol. The van der Waals surface area contributed by atoms with Gasteiger partial charge in [0, 0.05) is 14.2 Å². The first-order valence-electron chi connectivity index (χ1n) is 5.44. The van der Waals surface area contributed by atoms with E-state index >= 15 is 0 Å². The van der Waals surface area contributed by atoms with E-state index in [1.165, 1.54) is 25.6 Å². The zero-order valence-corrected chi connectivity index (χ0v) is 12.8. The molecule has 1 unspecified atom stereocenters. The summed E-state index contributed by atoms with van der Waals surface area (Å²) in [6.45, 7) is 1.80. The summed E-state index contributed by atoms with van der Waals surface area (Å²) in [7, 11) is 2.76. The number of carbonyl (C=O) groups is 2. The molecule has 0 N–H and O–H groups in total. The first kappa shape index (κ1) is 15.5. The highest BCUT2D eigenvalue weighted by Gasteiger charge is 2.32. The summed E-state index contributed by atoms with van der Waals surface area (Å²) < 4.78 is 10.7. The molecule has 0 aliphatic carbocycles. The molecule has 6 heteroatoms. The van der Waals surface area contributed by atoms with E-state index < -0.39 is 12.2 Å². The lowest BCUT2D eigenvalue weighted by atomic mass is 9.94. The Balaban J connectivity index is 2.89. The Bertz CT molecular complexity index is 425. The van der Waals surface area contributed by atoms with E-state index in [1.807, 2.05) is 0 Å². The smallest absolute Gasteiger partial charge is 0.218 e. The number of ketones is 2. The summed E-state index contributed by atoms with van der Waals surface area (Å²) in [6, 6.07) is 3.50. The molecule has 0 fully saturated rings. The average Bonchev–Trinajstić information content (AvgIpc) is 2.78. The molecule has 0 bridgehead atoms. The van der Waals surface area contributed by atoms with Crippen LogP contribution >= 0.6 is 27.3 Å². The van der Waals surface area contributed by atoms with Crippen molar-refractivity contribution >= 4 is 38.8 Å². The monoisotopic (exact) mass is 334 g/mol. The summed E-state index contributed by atoms with van der Waals surface area (Å²) in [5, 5.41) is 0. The summed E-state index contributed by atoms with van der Waals surface area (Å²) in [4.78, 5) is 24.9. The van der Waals surface area contributed by atoms with Crippen molar-refractivity contribution in [1.82, 2.24) is 0 Å². The molecule has 18 heavy (non-hydrogen) atoms. The van der Waals surface area contributed by atoms with Crippen molar-refractivity contribution in [3.63, 3.8) is 0 Å². The standard InChI is InChI=1S/C12H15BrO4S/c1-4-7(11(15)12(16-2)17-3)10(14)8-5-6-9(13)18-8/h5-7,12H,4H2,1-3H3. The maximum absolute atomic E-state index is 12.2. The minimum atomic E-state index is -0.984. The van der Waals surface area contributed by atoms with Gasteiger partial charge in [0.1, 0.15) is 0 Å². The molecular formula is C12H15BrO4S. The zero-order valence-electron chi connectivity index (χ0n) is 10.4. The van der Waals surface area contributed by atoms with Crippen molar-refractivity contribution in [2.24, 2.45) is 5.92 Å². The van der Waals surface area contributed by atoms with Gasteiger partial charge < -0.3 is 9.47 Å². The SMILES string of the molecule is CCC(C(=O)c1ccc(Br)s1)C(=O)C(OC)OC. The molecule has 1 rings (SSSR count). The second kappa shape index (κ2) is 7.13. The maximum Gasteiger partial charge on any atom is 0.218 e. The van der Waals surface area contributed by atoms with Gasteiger partial charge in [-0.3, -0.25) is 9.59 Å². The van der Waals surface area contributed by atoms with E-state index in [-0.39, 0.29) is 11.6 Å². The van der Waals surface area contributed by atoms with Crippen LogP contribution in [0.25, 0.3) is 0 Å². The van der Waals surface area contributed by atoms with Crippen molar-refractivity contribution in [3.8, 4) is 0 Å². The number of halogens is 1. The van der Waals surface area contributed by atoms with Crippen LogP contribution in [-0.2, 0) is 14.3 Å². The number of ether oxygens (including phenoxy) is 2. The minimum Gasteiger partial charge on any atom is -0.349 e. The molecule has 1 atom stereocenters. The van der Waals surface area contributed by atoms with Crippen molar-refractivity contribution in [2.75, 3.05) is 14.2 Å². The maximum atomic E-state index is 12.2. The molecule has 4 nitrogen and oxygen atoms in total. The second-order valence-electron chi connectivity index (χ2n) is 3.63. The molecule has 100 valence electrons. The van der Waals surface area contributed by atoms with Crippen LogP contribution in [0.1, 0.15) is 23.0 Å². The van der Waals surface area contributed by atoms with Gasteiger partial charge in [0.25, 0.3) is 0 Å². The highest BCUT2D eigenvalue weighted by molar-refractivity contribution is 9.11. The third-order valence-electron chi connectivity index (χ3n) is 2.54. The number of carbonyl (C=O) groups excluding carboxylic acids is 2. The Morgan fingerprint density at radius 3 is 2.33 bits per heavy atom.